The molecular weight excluding hydrogens is 306 g/mol. The number of amides is 2. The van der Waals surface area contributed by atoms with Gasteiger partial charge in [-0.3, -0.25) is 10.3 Å². The Bertz CT molecular complexity index is 892. The summed E-state index contributed by atoms with van der Waals surface area (Å²) in [4.78, 5) is 34.7. The van der Waals surface area contributed by atoms with E-state index in [-0.39, 0.29) is 10.7 Å². The van der Waals surface area contributed by atoms with Gasteiger partial charge in [-0.15, -0.1) is 11.3 Å². The molecule has 2 amide bonds. The third kappa shape index (κ3) is 2.69. The Morgan fingerprint density at radius 1 is 1.27 bits per heavy atom. The number of nitrogens with two attached hydrogens (primary N) is 1. The van der Waals surface area contributed by atoms with Gasteiger partial charge in [0.1, 0.15) is 16.2 Å². The highest BCUT2D eigenvalue weighted by molar-refractivity contribution is 7.12. The molecule has 0 aromatic carbocycles. The Morgan fingerprint density at radius 3 is 2.77 bits per heavy atom. The molecule has 3 aromatic heterocycles. The molecule has 0 aliphatic rings. The van der Waals surface area contributed by atoms with E-state index in [4.69, 9.17) is 10.8 Å². The number of primary amides is 1. The largest absolute Gasteiger partial charge is 0.477 e. The normalized spacial score (nSPS) is 10.5. The lowest BCUT2D eigenvalue weighted by atomic mass is 10.2. The number of fused-ring (bicyclic) bond motifs is 1. The molecule has 0 unspecified atom stereocenters. The molecule has 0 saturated carbocycles. The Kier molecular flexibility index (Phi) is 3.39. The fourth-order valence-corrected chi connectivity index (χ4v) is 2.55. The fourth-order valence-electron chi connectivity index (χ4n) is 1.82. The summed E-state index contributed by atoms with van der Waals surface area (Å²) in [5.41, 5.74) is 7.06. The summed E-state index contributed by atoms with van der Waals surface area (Å²) < 4.78 is 0. The van der Waals surface area contributed by atoms with Crippen molar-refractivity contribution < 1.29 is 14.7 Å². The number of carbonyl (C=O) groups excluding carboxylic acids is 1. The summed E-state index contributed by atoms with van der Waals surface area (Å²) in [7, 11) is 0. The molecule has 0 fully saturated rings. The molecule has 0 aliphatic heterocycles. The number of nitrogens with one attached hydrogen (secondary N) is 1. The molecule has 0 bridgehead atoms. The van der Waals surface area contributed by atoms with Crippen LogP contribution in [-0.4, -0.2) is 32.1 Å². The van der Waals surface area contributed by atoms with Crippen molar-refractivity contribution in [3.8, 4) is 11.3 Å². The zero-order valence-corrected chi connectivity index (χ0v) is 11.8. The standard InChI is InChI=1S/C13H9N5O3S/c14-13(21)18-10-2-1-7-11(17-10)16-8(4-15-7)6-3-9(12(19)20)22-5-6/h1-5H,(H,19,20)(H3,14,16,17,18,21). The van der Waals surface area contributed by atoms with Crippen LogP contribution in [0.2, 0.25) is 0 Å². The van der Waals surface area contributed by atoms with Gasteiger partial charge >= 0.3 is 12.0 Å². The average molecular weight is 315 g/mol. The minimum Gasteiger partial charge on any atom is -0.477 e. The minimum atomic E-state index is -0.990. The number of aromatic carboxylic acids is 1. The summed E-state index contributed by atoms with van der Waals surface area (Å²) >= 11 is 1.11. The third-order valence-electron chi connectivity index (χ3n) is 2.76. The topological polar surface area (TPSA) is 131 Å². The number of anilines is 1. The molecule has 0 aliphatic carbocycles. The van der Waals surface area contributed by atoms with Crippen molar-refractivity contribution in [1.82, 2.24) is 15.0 Å². The van der Waals surface area contributed by atoms with Gasteiger partial charge in [-0.25, -0.2) is 19.6 Å². The quantitative estimate of drug-likeness (QED) is 0.677. The second kappa shape index (κ2) is 5.37. The SMILES string of the molecule is NC(=O)Nc1ccc2ncc(-c3csc(C(=O)O)c3)nc2n1. The number of aromatic nitrogens is 3. The van der Waals surface area contributed by atoms with Gasteiger partial charge in [0.2, 0.25) is 0 Å². The Morgan fingerprint density at radius 2 is 2.09 bits per heavy atom. The molecule has 22 heavy (non-hydrogen) atoms. The molecule has 4 N–H and O–H groups in total. The van der Waals surface area contributed by atoms with Gasteiger partial charge in [-0.1, -0.05) is 0 Å². The third-order valence-corrected chi connectivity index (χ3v) is 3.68. The number of hydrogen-bond acceptors (Lipinski definition) is 6. The second-order valence-electron chi connectivity index (χ2n) is 4.29. The molecule has 3 aromatic rings. The number of carbonyl (C=O) groups is 2. The van der Waals surface area contributed by atoms with Crippen LogP contribution >= 0.6 is 11.3 Å². The lowest BCUT2D eigenvalue weighted by Gasteiger charge is -2.03. The number of hydrogen-bond donors (Lipinski definition) is 3. The summed E-state index contributed by atoms with van der Waals surface area (Å²) in [5.74, 6) is -0.723. The first-order valence-electron chi connectivity index (χ1n) is 6.05. The lowest BCUT2D eigenvalue weighted by molar-refractivity contribution is 0.0702. The summed E-state index contributed by atoms with van der Waals surface area (Å²) in [5, 5.41) is 13.0. The van der Waals surface area contributed by atoms with Gasteiger partial charge in [-0.2, -0.15) is 0 Å². The zero-order valence-electron chi connectivity index (χ0n) is 11.0. The maximum atomic E-state index is 10.9. The number of rotatable bonds is 3. The Labute approximate surface area is 127 Å². The van der Waals surface area contributed by atoms with Gasteiger partial charge in [0, 0.05) is 10.9 Å². The summed E-state index contributed by atoms with van der Waals surface area (Å²) in [6.07, 6.45) is 1.54. The van der Waals surface area contributed by atoms with E-state index in [1.807, 2.05) is 0 Å². The van der Waals surface area contributed by atoms with Crippen LogP contribution < -0.4 is 11.1 Å². The van der Waals surface area contributed by atoms with Crippen molar-refractivity contribution in [2.75, 3.05) is 5.32 Å². The van der Waals surface area contributed by atoms with Crippen LogP contribution in [0.25, 0.3) is 22.4 Å². The Hall–Kier alpha value is -3.07. The number of thiophene rings is 1. The van der Waals surface area contributed by atoms with E-state index in [1.54, 1.807) is 23.7 Å². The van der Waals surface area contributed by atoms with Crippen molar-refractivity contribution in [3.05, 3.63) is 34.7 Å². The number of carboxylic acid groups (broad SMARTS) is 1. The first-order chi connectivity index (χ1) is 10.5. The molecule has 8 nitrogen and oxygen atoms in total. The predicted octanol–water partition coefficient (Wildman–Crippen LogP) is 1.94. The number of urea groups is 1. The second-order valence-corrected chi connectivity index (χ2v) is 5.20. The van der Waals surface area contributed by atoms with E-state index >= 15 is 0 Å². The van der Waals surface area contributed by atoms with Gasteiger partial charge < -0.3 is 10.8 Å². The fraction of sp³-hybridized carbons (Fsp3) is 0. The van der Waals surface area contributed by atoms with E-state index in [0.29, 0.717) is 22.4 Å². The molecule has 3 heterocycles. The van der Waals surface area contributed by atoms with Crippen molar-refractivity contribution in [2.45, 2.75) is 0 Å². The molecule has 110 valence electrons. The van der Waals surface area contributed by atoms with Gasteiger partial charge in [0.15, 0.2) is 5.65 Å². The summed E-state index contributed by atoms with van der Waals surface area (Å²) in [6.45, 7) is 0. The van der Waals surface area contributed by atoms with Gasteiger partial charge in [0.05, 0.1) is 11.9 Å². The maximum Gasteiger partial charge on any atom is 0.345 e. The minimum absolute atomic E-state index is 0.217. The molecule has 0 atom stereocenters. The molecule has 0 radical (unpaired) electrons. The molecule has 0 spiro atoms. The van der Waals surface area contributed by atoms with Crippen molar-refractivity contribution in [1.29, 1.82) is 0 Å². The molecule has 9 heteroatoms. The van der Waals surface area contributed by atoms with Crippen LogP contribution in [0.15, 0.2) is 29.8 Å². The first-order valence-corrected chi connectivity index (χ1v) is 6.93. The van der Waals surface area contributed by atoms with Crippen LogP contribution in [0.3, 0.4) is 0 Å². The number of carboxylic acids is 1. The summed E-state index contributed by atoms with van der Waals surface area (Å²) in [6, 6.07) is 4.02. The first kappa shape index (κ1) is 13.9. The highest BCUT2D eigenvalue weighted by atomic mass is 32.1. The maximum absolute atomic E-state index is 10.9. The highest BCUT2D eigenvalue weighted by Gasteiger charge is 2.11. The molecule has 0 saturated heterocycles. The predicted molar refractivity (Wildman–Crippen MR) is 80.8 cm³/mol. The molecule has 3 rings (SSSR count). The van der Waals surface area contributed by atoms with E-state index < -0.39 is 12.0 Å². The van der Waals surface area contributed by atoms with Crippen LogP contribution in [-0.2, 0) is 0 Å². The lowest BCUT2D eigenvalue weighted by Crippen LogP contribution is -2.20. The van der Waals surface area contributed by atoms with Gasteiger partial charge in [-0.05, 0) is 18.2 Å². The van der Waals surface area contributed by atoms with Crippen molar-refractivity contribution in [2.24, 2.45) is 5.73 Å². The zero-order chi connectivity index (χ0) is 15.7. The van der Waals surface area contributed by atoms with Crippen LogP contribution in [0.1, 0.15) is 9.67 Å². The van der Waals surface area contributed by atoms with E-state index in [9.17, 15) is 9.59 Å². The molecular formula is C13H9N5O3S. The highest BCUT2D eigenvalue weighted by Crippen LogP contribution is 2.25. The van der Waals surface area contributed by atoms with Crippen LogP contribution in [0, 0.1) is 0 Å². The number of pyridine rings is 1. The smallest absolute Gasteiger partial charge is 0.345 e. The van der Waals surface area contributed by atoms with Crippen molar-refractivity contribution >= 4 is 40.3 Å². The van der Waals surface area contributed by atoms with E-state index in [1.165, 1.54) is 6.07 Å². The van der Waals surface area contributed by atoms with Crippen molar-refractivity contribution in [3.63, 3.8) is 0 Å². The average Bonchev–Trinajstić information content (AvgIpc) is 2.96. The van der Waals surface area contributed by atoms with Crippen LogP contribution in [0.4, 0.5) is 10.6 Å². The Balaban J connectivity index is 2.03. The number of nitrogens with zero attached hydrogens (tertiary/aromatic N) is 3. The van der Waals surface area contributed by atoms with E-state index in [0.717, 1.165) is 11.3 Å². The monoisotopic (exact) mass is 315 g/mol. The van der Waals surface area contributed by atoms with Crippen LogP contribution in [0.5, 0.6) is 0 Å². The van der Waals surface area contributed by atoms with E-state index in [2.05, 4.69) is 20.3 Å². The van der Waals surface area contributed by atoms with Gasteiger partial charge in [0.25, 0.3) is 0 Å².